The van der Waals surface area contributed by atoms with Crippen LogP contribution >= 0.6 is 0 Å². The van der Waals surface area contributed by atoms with Crippen LogP contribution in [0.2, 0.25) is 0 Å². The Balaban J connectivity index is 1.80. The number of hydrogen-bond donors (Lipinski definition) is 2. The number of nitrogens with one attached hydrogen (secondary N) is 2. The lowest BCUT2D eigenvalue weighted by Crippen LogP contribution is -2.07. The van der Waals surface area contributed by atoms with Crippen LogP contribution in [0.3, 0.4) is 0 Å². The molecular weight excluding hydrogens is 326 g/mol. The van der Waals surface area contributed by atoms with Gasteiger partial charge < -0.3 is 10.6 Å². The molecule has 0 amide bonds. The number of aromatic nitrogens is 5. The number of anilines is 4. The summed E-state index contributed by atoms with van der Waals surface area (Å²) in [5.74, 6) is 1.40. The first kappa shape index (κ1) is 16.0. The van der Waals surface area contributed by atoms with E-state index in [1.165, 1.54) is 0 Å². The monoisotopic (exact) mass is 345 g/mol. The first-order valence-electron chi connectivity index (χ1n) is 8.44. The molecule has 26 heavy (non-hydrogen) atoms. The number of pyridine rings is 1. The maximum atomic E-state index is 4.77. The molecule has 0 aliphatic carbocycles. The molecule has 0 bridgehead atoms. The Kier molecular flexibility index (Phi) is 4.18. The van der Waals surface area contributed by atoms with E-state index in [1.54, 1.807) is 18.7 Å². The first-order valence-corrected chi connectivity index (χ1v) is 8.44. The minimum Gasteiger partial charge on any atom is -0.338 e. The van der Waals surface area contributed by atoms with Gasteiger partial charge in [-0.2, -0.15) is 0 Å². The molecule has 0 radical (unpaired) electrons. The normalized spacial score (nSPS) is 11.0. The molecule has 4 rings (SSSR count). The fourth-order valence-corrected chi connectivity index (χ4v) is 2.80. The van der Waals surface area contributed by atoms with Crippen molar-refractivity contribution in [3.63, 3.8) is 0 Å². The molecule has 1 aromatic carbocycles. The topological polar surface area (TPSA) is 80.5 Å². The van der Waals surface area contributed by atoms with Gasteiger partial charge in [-0.3, -0.25) is 9.55 Å². The van der Waals surface area contributed by atoms with Gasteiger partial charge >= 0.3 is 0 Å². The van der Waals surface area contributed by atoms with Crippen molar-refractivity contribution in [2.75, 3.05) is 10.6 Å². The maximum Gasteiger partial charge on any atom is 0.210 e. The molecule has 7 nitrogen and oxygen atoms in total. The lowest BCUT2D eigenvalue weighted by atomic mass is 10.3. The number of hydrogen-bond acceptors (Lipinski definition) is 6. The zero-order chi connectivity index (χ0) is 17.9. The standard InChI is InChI=1S/C19H19N7/c1-13(2)26-18-16(25-19(26)24-15-8-10-20-11-9-15)17(21-12-22-18)23-14-6-4-3-5-7-14/h3-13H,1-2H3,(H,20,24,25)(H,21,22,23). The second-order valence-electron chi connectivity index (χ2n) is 6.15. The summed E-state index contributed by atoms with van der Waals surface area (Å²) in [5.41, 5.74) is 3.38. The number of nitrogens with zero attached hydrogens (tertiary/aromatic N) is 5. The minimum atomic E-state index is 0.184. The highest BCUT2D eigenvalue weighted by Crippen LogP contribution is 2.29. The van der Waals surface area contributed by atoms with Crippen molar-refractivity contribution in [1.29, 1.82) is 0 Å². The second-order valence-corrected chi connectivity index (χ2v) is 6.15. The molecule has 0 aliphatic rings. The van der Waals surface area contributed by atoms with Crippen LogP contribution in [-0.4, -0.2) is 24.5 Å². The summed E-state index contributed by atoms with van der Waals surface area (Å²) in [6, 6.07) is 13.9. The Morgan fingerprint density at radius 3 is 2.35 bits per heavy atom. The highest BCUT2D eigenvalue weighted by Gasteiger charge is 2.18. The molecule has 3 aromatic heterocycles. The zero-order valence-corrected chi connectivity index (χ0v) is 14.6. The largest absolute Gasteiger partial charge is 0.338 e. The molecule has 130 valence electrons. The Labute approximate surface area is 151 Å². The summed E-state index contributed by atoms with van der Waals surface area (Å²) in [4.78, 5) is 17.7. The Bertz CT molecular complexity index is 1010. The van der Waals surface area contributed by atoms with E-state index in [2.05, 4.69) is 44.0 Å². The fourth-order valence-electron chi connectivity index (χ4n) is 2.80. The van der Waals surface area contributed by atoms with Crippen LogP contribution in [0.25, 0.3) is 11.2 Å². The highest BCUT2D eigenvalue weighted by molar-refractivity contribution is 5.87. The first-order chi connectivity index (χ1) is 12.7. The molecule has 0 spiro atoms. The molecule has 0 saturated heterocycles. The Morgan fingerprint density at radius 1 is 0.885 bits per heavy atom. The number of fused-ring (bicyclic) bond motifs is 1. The van der Waals surface area contributed by atoms with Gasteiger partial charge in [0.1, 0.15) is 6.33 Å². The van der Waals surface area contributed by atoms with E-state index in [-0.39, 0.29) is 6.04 Å². The molecular formula is C19H19N7. The van der Waals surface area contributed by atoms with Gasteiger partial charge in [-0.1, -0.05) is 18.2 Å². The van der Waals surface area contributed by atoms with Gasteiger partial charge in [-0.05, 0) is 38.1 Å². The van der Waals surface area contributed by atoms with Gasteiger partial charge in [0.05, 0.1) is 0 Å². The van der Waals surface area contributed by atoms with Gasteiger partial charge in [0.25, 0.3) is 0 Å². The van der Waals surface area contributed by atoms with E-state index in [4.69, 9.17) is 4.98 Å². The molecule has 7 heteroatoms. The number of benzene rings is 1. The molecule has 0 atom stereocenters. The lowest BCUT2D eigenvalue weighted by molar-refractivity contribution is 0.620. The highest BCUT2D eigenvalue weighted by atomic mass is 15.3. The molecule has 2 N–H and O–H groups in total. The van der Waals surface area contributed by atoms with E-state index in [1.807, 2.05) is 42.5 Å². The van der Waals surface area contributed by atoms with Gasteiger partial charge in [0.15, 0.2) is 17.0 Å². The Morgan fingerprint density at radius 2 is 1.62 bits per heavy atom. The molecule has 0 fully saturated rings. The molecule has 4 aromatic rings. The van der Waals surface area contributed by atoms with E-state index >= 15 is 0 Å². The van der Waals surface area contributed by atoms with E-state index < -0.39 is 0 Å². The van der Waals surface area contributed by atoms with Gasteiger partial charge in [-0.15, -0.1) is 0 Å². The molecule has 3 heterocycles. The van der Waals surface area contributed by atoms with Gasteiger partial charge in [-0.25, -0.2) is 15.0 Å². The predicted molar refractivity (Wildman–Crippen MR) is 103 cm³/mol. The van der Waals surface area contributed by atoms with Crippen molar-refractivity contribution in [1.82, 2.24) is 24.5 Å². The number of para-hydroxylation sites is 1. The summed E-state index contributed by atoms with van der Waals surface area (Å²) in [6.45, 7) is 4.20. The van der Waals surface area contributed by atoms with Crippen LogP contribution in [0.15, 0.2) is 61.2 Å². The summed E-state index contributed by atoms with van der Waals surface area (Å²) >= 11 is 0. The van der Waals surface area contributed by atoms with Gasteiger partial charge in [0.2, 0.25) is 5.95 Å². The quantitative estimate of drug-likeness (QED) is 0.562. The van der Waals surface area contributed by atoms with Crippen LogP contribution in [0.1, 0.15) is 19.9 Å². The van der Waals surface area contributed by atoms with Crippen LogP contribution in [0.5, 0.6) is 0 Å². The third-order valence-corrected chi connectivity index (χ3v) is 3.97. The van der Waals surface area contributed by atoms with Gasteiger partial charge in [0, 0.05) is 29.8 Å². The average Bonchev–Trinajstić information content (AvgIpc) is 3.02. The number of rotatable bonds is 5. The molecule has 0 aliphatic heterocycles. The molecule has 0 unspecified atom stereocenters. The van der Waals surface area contributed by atoms with Crippen molar-refractivity contribution in [2.24, 2.45) is 0 Å². The third kappa shape index (κ3) is 3.06. The maximum absolute atomic E-state index is 4.77. The smallest absolute Gasteiger partial charge is 0.210 e. The van der Waals surface area contributed by atoms with Crippen LogP contribution in [-0.2, 0) is 0 Å². The average molecular weight is 345 g/mol. The number of imidazole rings is 1. The van der Waals surface area contributed by atoms with Crippen LogP contribution in [0.4, 0.5) is 23.1 Å². The van der Waals surface area contributed by atoms with Crippen LogP contribution < -0.4 is 10.6 Å². The zero-order valence-electron chi connectivity index (χ0n) is 14.6. The second kappa shape index (κ2) is 6.79. The predicted octanol–water partition coefficient (Wildman–Crippen LogP) is 4.29. The summed E-state index contributed by atoms with van der Waals surface area (Å²) in [7, 11) is 0. The lowest BCUT2D eigenvalue weighted by Gasteiger charge is -2.13. The molecule has 0 saturated carbocycles. The minimum absolute atomic E-state index is 0.184. The third-order valence-electron chi connectivity index (χ3n) is 3.97. The Hall–Kier alpha value is -3.48. The fraction of sp³-hybridized carbons (Fsp3) is 0.158. The van der Waals surface area contributed by atoms with E-state index in [9.17, 15) is 0 Å². The van der Waals surface area contributed by atoms with Crippen molar-refractivity contribution >= 4 is 34.3 Å². The van der Waals surface area contributed by atoms with Crippen molar-refractivity contribution in [3.05, 3.63) is 61.2 Å². The summed E-state index contributed by atoms with van der Waals surface area (Å²) < 4.78 is 2.06. The summed E-state index contributed by atoms with van der Waals surface area (Å²) in [5, 5.41) is 6.68. The summed E-state index contributed by atoms with van der Waals surface area (Å²) in [6.07, 6.45) is 5.05. The van der Waals surface area contributed by atoms with E-state index in [0.29, 0.717) is 5.82 Å². The van der Waals surface area contributed by atoms with Crippen molar-refractivity contribution in [2.45, 2.75) is 19.9 Å². The van der Waals surface area contributed by atoms with E-state index in [0.717, 1.165) is 28.5 Å². The van der Waals surface area contributed by atoms with Crippen LogP contribution in [0, 0.1) is 0 Å². The van der Waals surface area contributed by atoms with Crippen molar-refractivity contribution < 1.29 is 0 Å². The SMILES string of the molecule is CC(C)n1c(Nc2ccncc2)nc2c(Nc3ccccc3)ncnc21. The van der Waals surface area contributed by atoms with Crippen molar-refractivity contribution in [3.8, 4) is 0 Å².